The van der Waals surface area contributed by atoms with Gasteiger partial charge in [-0.2, -0.15) is 4.57 Å². The highest BCUT2D eigenvalue weighted by molar-refractivity contribution is 5.70. The summed E-state index contributed by atoms with van der Waals surface area (Å²) >= 11 is 0. The molecule has 36 heavy (non-hydrogen) atoms. The molecular formula is C30H32N4O2+2. The second-order valence-corrected chi connectivity index (χ2v) is 8.85. The fourth-order valence-electron chi connectivity index (χ4n) is 4.02. The summed E-state index contributed by atoms with van der Waals surface area (Å²) in [6.45, 7) is 4.52. The van der Waals surface area contributed by atoms with Crippen molar-refractivity contribution >= 4 is 11.8 Å². The molecule has 0 spiro atoms. The van der Waals surface area contributed by atoms with Crippen molar-refractivity contribution in [2.45, 2.75) is 39.0 Å². The van der Waals surface area contributed by atoms with Gasteiger partial charge in [0.05, 0.1) is 6.04 Å². The predicted molar refractivity (Wildman–Crippen MR) is 138 cm³/mol. The SMILES string of the molecule is C[C@@H](N=C([O-])C[n+]1ccc(-c2cc[n+](CC(O)=[NH+][C@H](C)c3ccccc3)cc2)cc1)c1ccccc1. The summed E-state index contributed by atoms with van der Waals surface area (Å²) in [4.78, 5) is 7.45. The standard InChI is InChI=1S/C30H30N4O2/c1-23(25-9-5-3-6-10-25)31-29(35)21-33-17-13-27(14-18-33)28-15-19-34(20-16-28)22-30(36)32-24(2)26-11-7-4-8-12-26/h3-20,23-24H,21-22H2,1-2H3/p+2/t23-,24-/m1/s1. The molecule has 2 aromatic carbocycles. The molecule has 0 aliphatic carbocycles. The van der Waals surface area contributed by atoms with E-state index in [0.717, 1.165) is 22.3 Å². The molecule has 0 bridgehead atoms. The predicted octanol–water partition coefficient (Wildman–Crippen LogP) is 2.25. The Kier molecular flexibility index (Phi) is 8.19. The van der Waals surface area contributed by atoms with Crippen LogP contribution in [0.15, 0.2) is 115 Å². The summed E-state index contributed by atoms with van der Waals surface area (Å²) in [5.41, 5.74) is 4.24. The van der Waals surface area contributed by atoms with Gasteiger partial charge in [-0.05, 0) is 23.6 Å². The highest BCUT2D eigenvalue weighted by Gasteiger charge is 2.16. The quantitative estimate of drug-likeness (QED) is 0.219. The van der Waals surface area contributed by atoms with Crippen molar-refractivity contribution in [3.8, 4) is 11.1 Å². The molecule has 2 heterocycles. The Balaban J connectivity index is 1.35. The highest BCUT2D eigenvalue weighted by atomic mass is 16.3. The number of pyridine rings is 2. The van der Waals surface area contributed by atoms with Gasteiger partial charge in [-0.25, -0.2) is 9.56 Å². The van der Waals surface area contributed by atoms with Gasteiger partial charge in [-0.3, -0.25) is 4.99 Å². The molecule has 2 atom stereocenters. The monoisotopic (exact) mass is 480 g/mol. The van der Waals surface area contributed by atoms with Crippen LogP contribution in [0.2, 0.25) is 0 Å². The third-order valence-corrected chi connectivity index (χ3v) is 6.07. The molecular weight excluding hydrogens is 448 g/mol. The van der Waals surface area contributed by atoms with E-state index in [1.165, 1.54) is 0 Å². The largest absolute Gasteiger partial charge is 0.858 e. The summed E-state index contributed by atoms with van der Waals surface area (Å²) in [6.07, 6.45) is 7.67. The van der Waals surface area contributed by atoms with Gasteiger partial charge in [-0.1, -0.05) is 60.7 Å². The lowest BCUT2D eigenvalue weighted by Gasteiger charge is -2.12. The Bertz CT molecular complexity index is 1200. The van der Waals surface area contributed by atoms with Gasteiger partial charge in [-0.15, -0.1) is 0 Å². The van der Waals surface area contributed by atoms with E-state index in [1.54, 1.807) is 0 Å². The maximum atomic E-state index is 12.4. The van der Waals surface area contributed by atoms with E-state index >= 15 is 0 Å². The van der Waals surface area contributed by atoms with Crippen LogP contribution in [0.25, 0.3) is 11.1 Å². The molecule has 0 amide bonds. The smallest absolute Gasteiger partial charge is 0.400 e. The molecule has 0 unspecified atom stereocenters. The number of nitrogens with one attached hydrogen (secondary N) is 1. The first kappa shape index (κ1) is 24.8. The van der Waals surface area contributed by atoms with Gasteiger partial charge in [0.2, 0.25) is 0 Å². The number of nitrogens with zero attached hydrogens (tertiary/aromatic N) is 3. The van der Waals surface area contributed by atoms with Crippen LogP contribution >= 0.6 is 0 Å². The third-order valence-electron chi connectivity index (χ3n) is 6.07. The zero-order valence-electron chi connectivity index (χ0n) is 20.7. The second kappa shape index (κ2) is 11.9. The lowest BCUT2D eigenvalue weighted by molar-refractivity contribution is -0.691. The second-order valence-electron chi connectivity index (χ2n) is 8.85. The fraction of sp³-hybridized carbons (Fsp3) is 0.200. The van der Waals surface area contributed by atoms with Crippen molar-refractivity contribution in [2.75, 3.05) is 0 Å². The van der Waals surface area contributed by atoms with Gasteiger partial charge < -0.3 is 10.2 Å². The molecule has 0 aliphatic rings. The summed E-state index contributed by atoms with van der Waals surface area (Å²) in [6, 6.07) is 27.7. The number of hydrogen-bond donors (Lipinski definition) is 2. The summed E-state index contributed by atoms with van der Waals surface area (Å²) < 4.78 is 3.75. The molecule has 6 heteroatoms. The Morgan fingerprint density at radius 2 is 1.22 bits per heavy atom. The van der Waals surface area contributed by atoms with E-state index in [9.17, 15) is 10.2 Å². The molecule has 0 aliphatic heterocycles. The van der Waals surface area contributed by atoms with Gasteiger partial charge >= 0.3 is 5.90 Å². The molecule has 0 saturated carbocycles. The zero-order valence-corrected chi connectivity index (χ0v) is 20.7. The van der Waals surface area contributed by atoms with Crippen molar-refractivity contribution < 1.29 is 24.3 Å². The van der Waals surface area contributed by atoms with Crippen LogP contribution < -0.4 is 19.2 Å². The molecule has 182 valence electrons. The first-order chi connectivity index (χ1) is 17.5. The molecule has 2 N–H and O–H groups in total. The van der Waals surface area contributed by atoms with Crippen molar-refractivity contribution in [2.24, 2.45) is 4.99 Å². The van der Waals surface area contributed by atoms with Crippen LogP contribution in [0.1, 0.15) is 37.1 Å². The van der Waals surface area contributed by atoms with E-state index in [-0.39, 0.29) is 30.4 Å². The molecule has 4 aromatic rings. The summed E-state index contributed by atoms with van der Waals surface area (Å²) in [7, 11) is 0. The van der Waals surface area contributed by atoms with E-state index in [2.05, 4.69) is 9.98 Å². The fourth-order valence-corrected chi connectivity index (χ4v) is 4.02. The van der Waals surface area contributed by atoms with E-state index in [1.807, 2.05) is 133 Å². The van der Waals surface area contributed by atoms with E-state index in [4.69, 9.17) is 0 Å². The number of aliphatic hydroxyl groups excluding tert-OH is 1. The lowest BCUT2D eigenvalue weighted by Crippen LogP contribution is -2.75. The van der Waals surface area contributed by atoms with Crippen molar-refractivity contribution in [1.29, 1.82) is 0 Å². The molecule has 0 saturated heterocycles. The van der Waals surface area contributed by atoms with Crippen LogP contribution in [0.5, 0.6) is 0 Å². The van der Waals surface area contributed by atoms with Crippen LogP contribution in [-0.4, -0.2) is 16.9 Å². The van der Waals surface area contributed by atoms with Crippen LogP contribution in [0.4, 0.5) is 0 Å². The number of aliphatic hydroxyl groups is 1. The summed E-state index contributed by atoms with van der Waals surface area (Å²) in [5.74, 6) is 0.0534. The van der Waals surface area contributed by atoms with Crippen LogP contribution in [-0.2, 0) is 13.1 Å². The van der Waals surface area contributed by atoms with E-state index < -0.39 is 0 Å². The topological polar surface area (TPSA) is 77.4 Å². The van der Waals surface area contributed by atoms with Gasteiger partial charge in [0.1, 0.15) is 0 Å². The first-order valence-corrected chi connectivity index (χ1v) is 12.1. The molecule has 6 nitrogen and oxygen atoms in total. The minimum Gasteiger partial charge on any atom is -0.858 e. The van der Waals surface area contributed by atoms with E-state index in [0.29, 0.717) is 6.54 Å². The average Bonchev–Trinajstić information content (AvgIpc) is 2.90. The number of hydrogen-bond acceptors (Lipinski definition) is 2. The number of aromatic nitrogens is 2. The highest BCUT2D eigenvalue weighted by Crippen LogP contribution is 2.16. The maximum Gasteiger partial charge on any atom is 0.400 e. The summed E-state index contributed by atoms with van der Waals surface area (Å²) in [5, 5.41) is 22.8. The molecule has 2 aromatic heterocycles. The van der Waals surface area contributed by atoms with Crippen molar-refractivity contribution in [3.05, 3.63) is 121 Å². The Labute approximate surface area is 212 Å². The van der Waals surface area contributed by atoms with Crippen molar-refractivity contribution in [3.63, 3.8) is 0 Å². The minimum atomic E-state index is -0.164. The van der Waals surface area contributed by atoms with Crippen LogP contribution in [0.3, 0.4) is 0 Å². The zero-order chi connectivity index (χ0) is 25.3. The number of rotatable bonds is 9. The van der Waals surface area contributed by atoms with Gasteiger partial charge in [0.15, 0.2) is 37.4 Å². The van der Waals surface area contributed by atoms with Crippen LogP contribution in [0, 0.1) is 0 Å². The average molecular weight is 481 g/mol. The number of aliphatic imine (C=N–C) groups is 1. The maximum absolute atomic E-state index is 12.4. The first-order valence-electron chi connectivity index (χ1n) is 12.1. The minimum absolute atomic E-state index is 0.0170. The molecule has 0 fully saturated rings. The van der Waals surface area contributed by atoms with Crippen molar-refractivity contribution in [1.82, 2.24) is 0 Å². The third kappa shape index (κ3) is 6.85. The Morgan fingerprint density at radius 1 is 0.750 bits per heavy atom. The Hall–Kier alpha value is -4.32. The normalized spacial score (nSPS) is 13.8. The molecule has 4 rings (SSSR count). The number of benzene rings is 2. The van der Waals surface area contributed by atoms with Gasteiger partial charge in [0.25, 0.3) is 6.54 Å². The van der Waals surface area contributed by atoms with Gasteiger partial charge in [0, 0.05) is 42.7 Å². The molecule has 0 radical (unpaired) electrons. The lowest BCUT2D eigenvalue weighted by atomic mass is 10.1. The Morgan fingerprint density at radius 3 is 1.75 bits per heavy atom.